The van der Waals surface area contributed by atoms with E-state index in [0.29, 0.717) is 12.1 Å². The maximum absolute atomic E-state index is 12.4. The number of carbonyl (C=O) groups excluding carboxylic acids is 1. The van der Waals surface area contributed by atoms with E-state index in [2.05, 4.69) is 27.4 Å². The number of hydrogen-bond acceptors (Lipinski definition) is 3. The van der Waals surface area contributed by atoms with E-state index in [1.165, 1.54) is 4.88 Å². The molecule has 0 fully saturated rings. The van der Waals surface area contributed by atoms with Crippen molar-refractivity contribution in [2.75, 3.05) is 0 Å². The summed E-state index contributed by atoms with van der Waals surface area (Å²) in [6.07, 6.45) is 5.50. The van der Waals surface area contributed by atoms with Crippen molar-refractivity contribution in [2.45, 2.75) is 6.54 Å². The van der Waals surface area contributed by atoms with Crippen LogP contribution in [0.4, 0.5) is 0 Å². The van der Waals surface area contributed by atoms with Gasteiger partial charge in [-0.25, -0.2) is 0 Å². The highest BCUT2D eigenvalue weighted by Gasteiger charge is 2.07. The average Bonchev–Trinajstić information content (AvgIpc) is 3.30. The summed E-state index contributed by atoms with van der Waals surface area (Å²) in [5.41, 5.74) is 3.74. The Morgan fingerprint density at radius 3 is 3.00 bits per heavy atom. The quantitative estimate of drug-likeness (QED) is 0.587. The molecule has 4 nitrogen and oxygen atoms in total. The van der Waals surface area contributed by atoms with Crippen LogP contribution < -0.4 is 5.32 Å². The molecular formula is C19H15N3OS. The van der Waals surface area contributed by atoms with Crippen molar-refractivity contribution in [3.8, 4) is 10.4 Å². The topological polar surface area (TPSA) is 57.8 Å². The molecule has 0 spiro atoms. The predicted molar refractivity (Wildman–Crippen MR) is 97.0 cm³/mol. The van der Waals surface area contributed by atoms with Crippen LogP contribution in [0.2, 0.25) is 0 Å². The van der Waals surface area contributed by atoms with Gasteiger partial charge in [0.15, 0.2) is 0 Å². The van der Waals surface area contributed by atoms with E-state index in [0.717, 1.165) is 22.0 Å². The van der Waals surface area contributed by atoms with E-state index in [1.54, 1.807) is 17.5 Å². The summed E-state index contributed by atoms with van der Waals surface area (Å²) < 4.78 is 0. The SMILES string of the molecule is O=C(NCc1cncc(-c2cccs2)c1)c1ccc2[nH]ccc2c1. The summed E-state index contributed by atoms with van der Waals surface area (Å²) in [5, 5.41) is 6.03. The number of fused-ring (bicyclic) bond motifs is 1. The smallest absolute Gasteiger partial charge is 0.251 e. The normalized spacial score (nSPS) is 10.8. The monoisotopic (exact) mass is 333 g/mol. The predicted octanol–water partition coefficient (Wildman–Crippen LogP) is 4.22. The van der Waals surface area contributed by atoms with E-state index in [1.807, 2.05) is 48.1 Å². The van der Waals surface area contributed by atoms with Crippen LogP contribution in [0.5, 0.6) is 0 Å². The lowest BCUT2D eigenvalue weighted by Crippen LogP contribution is -2.22. The molecule has 0 unspecified atom stereocenters. The van der Waals surface area contributed by atoms with Crippen LogP contribution in [0, 0.1) is 0 Å². The maximum Gasteiger partial charge on any atom is 0.251 e. The molecule has 1 aromatic carbocycles. The largest absolute Gasteiger partial charge is 0.361 e. The number of hydrogen-bond donors (Lipinski definition) is 2. The number of aromatic nitrogens is 2. The van der Waals surface area contributed by atoms with E-state index in [-0.39, 0.29) is 5.91 Å². The Hall–Kier alpha value is -2.92. The Morgan fingerprint density at radius 2 is 2.12 bits per heavy atom. The van der Waals surface area contributed by atoms with Gasteiger partial charge in [0.2, 0.25) is 0 Å². The van der Waals surface area contributed by atoms with E-state index >= 15 is 0 Å². The van der Waals surface area contributed by atoms with E-state index in [4.69, 9.17) is 0 Å². The number of aromatic amines is 1. The maximum atomic E-state index is 12.4. The van der Waals surface area contributed by atoms with E-state index in [9.17, 15) is 4.79 Å². The van der Waals surface area contributed by atoms with Crippen LogP contribution in [-0.4, -0.2) is 15.9 Å². The first-order valence-electron chi connectivity index (χ1n) is 7.63. The summed E-state index contributed by atoms with van der Waals surface area (Å²) in [7, 11) is 0. The van der Waals surface area contributed by atoms with Crippen molar-refractivity contribution in [2.24, 2.45) is 0 Å². The highest BCUT2D eigenvalue weighted by molar-refractivity contribution is 7.13. The summed E-state index contributed by atoms with van der Waals surface area (Å²) >= 11 is 1.68. The fourth-order valence-corrected chi connectivity index (χ4v) is 3.35. The number of H-pyrrole nitrogens is 1. The van der Waals surface area contributed by atoms with Crippen LogP contribution >= 0.6 is 11.3 Å². The van der Waals surface area contributed by atoms with Crippen molar-refractivity contribution >= 4 is 28.1 Å². The summed E-state index contributed by atoms with van der Waals surface area (Å²) in [4.78, 5) is 20.9. The summed E-state index contributed by atoms with van der Waals surface area (Å²) in [6.45, 7) is 0.455. The first-order valence-corrected chi connectivity index (χ1v) is 8.51. The van der Waals surface area contributed by atoms with Crippen LogP contribution in [0.25, 0.3) is 21.3 Å². The molecule has 3 aromatic heterocycles. The number of thiophene rings is 1. The van der Waals surface area contributed by atoms with E-state index < -0.39 is 0 Å². The molecule has 3 heterocycles. The molecule has 0 aliphatic carbocycles. The van der Waals surface area contributed by atoms with Crippen molar-refractivity contribution in [3.05, 3.63) is 77.6 Å². The van der Waals surface area contributed by atoms with Gasteiger partial charge in [0.25, 0.3) is 5.91 Å². The number of benzene rings is 1. The number of carbonyl (C=O) groups is 1. The van der Waals surface area contributed by atoms with Gasteiger partial charge in [-0.15, -0.1) is 11.3 Å². The zero-order valence-electron chi connectivity index (χ0n) is 12.8. The number of nitrogens with one attached hydrogen (secondary N) is 2. The van der Waals surface area contributed by atoms with Crippen molar-refractivity contribution in [3.63, 3.8) is 0 Å². The van der Waals surface area contributed by atoms with Crippen molar-refractivity contribution in [1.82, 2.24) is 15.3 Å². The molecule has 0 saturated carbocycles. The first-order chi connectivity index (χ1) is 11.8. The van der Waals surface area contributed by atoms with Gasteiger partial charge in [-0.1, -0.05) is 6.07 Å². The van der Waals surface area contributed by atoms with Crippen LogP contribution in [0.1, 0.15) is 15.9 Å². The molecule has 0 aliphatic heterocycles. The number of nitrogens with zero attached hydrogens (tertiary/aromatic N) is 1. The first kappa shape index (κ1) is 14.7. The second-order valence-electron chi connectivity index (χ2n) is 5.52. The standard InChI is InChI=1S/C19H15N3OS/c23-19(15-3-4-17-14(9-15)5-6-21-17)22-11-13-8-16(12-20-10-13)18-2-1-7-24-18/h1-10,12,21H,11H2,(H,22,23). The van der Waals surface area contributed by atoms with Gasteiger partial charge in [-0.3, -0.25) is 9.78 Å². The van der Waals surface area contributed by atoms with Gasteiger partial charge in [-0.2, -0.15) is 0 Å². The fourth-order valence-electron chi connectivity index (χ4n) is 2.64. The lowest BCUT2D eigenvalue weighted by molar-refractivity contribution is 0.0951. The van der Waals surface area contributed by atoms with Crippen LogP contribution in [0.15, 0.2) is 66.4 Å². The molecule has 0 saturated heterocycles. The molecule has 4 aromatic rings. The highest BCUT2D eigenvalue weighted by atomic mass is 32.1. The van der Waals surface area contributed by atoms with Gasteiger partial charge in [0.1, 0.15) is 0 Å². The minimum absolute atomic E-state index is 0.0837. The molecule has 1 amide bonds. The minimum Gasteiger partial charge on any atom is -0.361 e. The van der Waals surface area contributed by atoms with Crippen molar-refractivity contribution in [1.29, 1.82) is 0 Å². The van der Waals surface area contributed by atoms with Crippen LogP contribution in [0.3, 0.4) is 0 Å². The molecule has 0 bridgehead atoms. The molecular weight excluding hydrogens is 318 g/mol. The molecule has 2 N–H and O–H groups in total. The highest BCUT2D eigenvalue weighted by Crippen LogP contribution is 2.24. The average molecular weight is 333 g/mol. The molecule has 0 atom stereocenters. The second-order valence-corrected chi connectivity index (χ2v) is 6.47. The van der Waals surface area contributed by atoms with Gasteiger partial charge < -0.3 is 10.3 Å². The zero-order chi connectivity index (χ0) is 16.4. The molecule has 5 heteroatoms. The molecule has 4 rings (SSSR count). The molecule has 0 aliphatic rings. The molecule has 0 radical (unpaired) electrons. The summed E-state index contributed by atoms with van der Waals surface area (Å²) in [5.74, 6) is -0.0837. The number of pyridine rings is 1. The van der Waals surface area contributed by atoms with Gasteiger partial charge in [0, 0.05) is 52.0 Å². The Balaban J connectivity index is 1.48. The molecule has 118 valence electrons. The third kappa shape index (κ3) is 2.94. The van der Waals surface area contributed by atoms with Gasteiger partial charge >= 0.3 is 0 Å². The Bertz CT molecular complexity index is 989. The lowest BCUT2D eigenvalue weighted by Gasteiger charge is -2.07. The minimum atomic E-state index is -0.0837. The third-order valence-electron chi connectivity index (χ3n) is 3.87. The Labute approximate surface area is 143 Å². The Morgan fingerprint density at radius 1 is 1.17 bits per heavy atom. The fraction of sp³-hybridized carbons (Fsp3) is 0.0526. The van der Waals surface area contributed by atoms with Crippen LogP contribution in [-0.2, 0) is 6.54 Å². The molecule has 24 heavy (non-hydrogen) atoms. The second kappa shape index (κ2) is 6.29. The summed E-state index contributed by atoms with van der Waals surface area (Å²) in [6, 6.07) is 13.7. The number of rotatable bonds is 4. The lowest BCUT2D eigenvalue weighted by atomic mass is 10.1. The van der Waals surface area contributed by atoms with Gasteiger partial charge in [0.05, 0.1) is 0 Å². The Kier molecular flexibility index (Phi) is 3.84. The zero-order valence-corrected chi connectivity index (χ0v) is 13.6. The van der Waals surface area contributed by atoms with Gasteiger partial charge in [-0.05, 0) is 47.3 Å². The van der Waals surface area contributed by atoms with Crippen molar-refractivity contribution < 1.29 is 4.79 Å². The third-order valence-corrected chi connectivity index (χ3v) is 4.79. The number of amides is 1.